The Morgan fingerprint density at radius 3 is 2.63 bits per heavy atom. The Morgan fingerprint density at radius 2 is 1.89 bits per heavy atom. The van der Waals surface area contributed by atoms with E-state index in [1.807, 2.05) is 36.4 Å². The zero-order chi connectivity index (χ0) is 19.0. The number of benzene rings is 2. The van der Waals surface area contributed by atoms with Crippen molar-refractivity contribution in [3.8, 4) is 5.75 Å². The van der Waals surface area contributed by atoms with E-state index >= 15 is 0 Å². The minimum atomic E-state index is -0.642. The van der Waals surface area contributed by atoms with Crippen molar-refractivity contribution in [3.63, 3.8) is 0 Å². The number of rotatable bonds is 4. The number of nitrogens with zero attached hydrogens (tertiary/aromatic N) is 1. The van der Waals surface area contributed by atoms with Crippen LogP contribution in [0.5, 0.6) is 5.75 Å². The number of carbonyl (C=O) groups excluding carboxylic acids is 3. The number of hydrogen-bond acceptors (Lipinski definition) is 4. The van der Waals surface area contributed by atoms with Crippen LogP contribution in [0.4, 0.5) is 0 Å². The molecule has 2 aliphatic heterocycles. The van der Waals surface area contributed by atoms with Crippen LogP contribution in [-0.4, -0.2) is 28.7 Å². The van der Waals surface area contributed by atoms with Crippen LogP contribution < -0.4 is 10.1 Å². The highest BCUT2D eigenvalue weighted by Crippen LogP contribution is 2.38. The Morgan fingerprint density at radius 1 is 1.11 bits per heavy atom. The second-order valence-corrected chi connectivity index (χ2v) is 7.43. The van der Waals surface area contributed by atoms with E-state index < -0.39 is 11.9 Å². The predicted molar refractivity (Wildman–Crippen MR) is 101 cm³/mol. The van der Waals surface area contributed by atoms with Gasteiger partial charge in [-0.2, -0.15) is 0 Å². The van der Waals surface area contributed by atoms with Crippen LogP contribution in [-0.2, 0) is 22.7 Å². The molecule has 6 nitrogen and oxygen atoms in total. The molecule has 1 fully saturated rings. The van der Waals surface area contributed by atoms with Crippen molar-refractivity contribution in [2.45, 2.75) is 32.0 Å². The summed E-state index contributed by atoms with van der Waals surface area (Å²) in [5.74, 6) is -0.319. The van der Waals surface area contributed by atoms with Gasteiger partial charge in [-0.3, -0.25) is 19.7 Å². The fourth-order valence-electron chi connectivity index (χ4n) is 3.48. The highest BCUT2D eigenvalue weighted by atomic mass is 79.9. The Hall–Kier alpha value is -2.67. The van der Waals surface area contributed by atoms with E-state index in [-0.39, 0.29) is 24.8 Å². The number of imide groups is 1. The lowest BCUT2D eigenvalue weighted by molar-refractivity contribution is -0.136. The van der Waals surface area contributed by atoms with Gasteiger partial charge in [-0.15, -0.1) is 0 Å². The number of piperidine rings is 1. The summed E-state index contributed by atoms with van der Waals surface area (Å²) in [6.07, 6.45) is 0.567. The zero-order valence-corrected chi connectivity index (χ0v) is 16.0. The van der Waals surface area contributed by atoms with Crippen LogP contribution >= 0.6 is 15.9 Å². The third-order valence-corrected chi connectivity index (χ3v) is 5.51. The quantitative estimate of drug-likeness (QED) is 0.759. The first-order valence-corrected chi connectivity index (χ1v) is 9.46. The molecule has 4 rings (SSSR count). The van der Waals surface area contributed by atoms with E-state index in [0.717, 1.165) is 11.1 Å². The molecular formula is C20H17BrN2O4. The highest BCUT2D eigenvalue weighted by Gasteiger charge is 2.41. The fraction of sp³-hybridized carbons (Fsp3) is 0.250. The summed E-state index contributed by atoms with van der Waals surface area (Å²) in [6.45, 7) is 0.672. The summed E-state index contributed by atoms with van der Waals surface area (Å²) >= 11 is 3.44. The maximum absolute atomic E-state index is 12.9. The standard InChI is InChI=1S/C20H17BrN2O4/c21-14-6-8-16(27-11-12-4-2-1-3-5-12)13-10-23(20(26)18(13)14)15-7-9-17(24)22-19(15)25/h1-6,8,15H,7,9-11H2,(H,22,24,25)/t15-/m0/s1. The molecule has 1 atom stereocenters. The number of hydrogen-bond donors (Lipinski definition) is 1. The van der Waals surface area contributed by atoms with Crippen LogP contribution in [0.15, 0.2) is 46.9 Å². The van der Waals surface area contributed by atoms with E-state index in [1.54, 1.807) is 6.07 Å². The molecule has 0 aliphatic carbocycles. The lowest BCUT2D eigenvalue weighted by Gasteiger charge is -2.29. The summed E-state index contributed by atoms with van der Waals surface area (Å²) in [7, 11) is 0. The normalized spacial score (nSPS) is 19.1. The molecule has 0 unspecified atom stereocenters. The van der Waals surface area contributed by atoms with E-state index in [4.69, 9.17) is 4.74 Å². The number of amides is 3. The van der Waals surface area contributed by atoms with Gasteiger partial charge in [0.15, 0.2) is 0 Å². The van der Waals surface area contributed by atoms with Crippen LogP contribution in [0.25, 0.3) is 0 Å². The third-order valence-electron chi connectivity index (χ3n) is 4.85. The second-order valence-electron chi connectivity index (χ2n) is 6.57. The lowest BCUT2D eigenvalue weighted by atomic mass is 10.0. The second kappa shape index (κ2) is 7.15. The minimum absolute atomic E-state index is 0.225. The highest BCUT2D eigenvalue weighted by molar-refractivity contribution is 9.10. The molecular weight excluding hydrogens is 412 g/mol. The predicted octanol–water partition coefficient (Wildman–Crippen LogP) is 2.79. The van der Waals surface area contributed by atoms with E-state index in [9.17, 15) is 14.4 Å². The minimum Gasteiger partial charge on any atom is -0.489 e. The first-order valence-electron chi connectivity index (χ1n) is 8.67. The van der Waals surface area contributed by atoms with Crippen molar-refractivity contribution in [1.29, 1.82) is 0 Å². The van der Waals surface area contributed by atoms with E-state index in [2.05, 4.69) is 21.2 Å². The molecule has 2 aromatic carbocycles. The molecule has 2 aromatic rings. The topological polar surface area (TPSA) is 75.7 Å². The van der Waals surface area contributed by atoms with Crippen LogP contribution in [0.1, 0.15) is 34.3 Å². The van der Waals surface area contributed by atoms with Gasteiger partial charge < -0.3 is 9.64 Å². The van der Waals surface area contributed by atoms with E-state index in [1.165, 1.54) is 4.90 Å². The van der Waals surface area contributed by atoms with Gasteiger partial charge in [0.1, 0.15) is 18.4 Å². The Labute approximate surface area is 164 Å². The average molecular weight is 429 g/mol. The molecule has 0 saturated carbocycles. The number of carbonyl (C=O) groups is 3. The van der Waals surface area contributed by atoms with Crippen molar-refractivity contribution < 1.29 is 19.1 Å². The molecule has 1 N–H and O–H groups in total. The van der Waals surface area contributed by atoms with Crippen molar-refractivity contribution >= 4 is 33.7 Å². The molecule has 0 aromatic heterocycles. The molecule has 138 valence electrons. The number of nitrogens with one attached hydrogen (secondary N) is 1. The average Bonchev–Trinajstić information content (AvgIpc) is 3.00. The molecule has 2 aliphatic rings. The summed E-state index contributed by atoms with van der Waals surface area (Å²) in [5, 5.41) is 2.31. The monoisotopic (exact) mass is 428 g/mol. The van der Waals surface area contributed by atoms with Crippen LogP contribution in [0.3, 0.4) is 0 Å². The molecule has 7 heteroatoms. The van der Waals surface area contributed by atoms with Crippen molar-refractivity contribution in [1.82, 2.24) is 10.2 Å². The largest absolute Gasteiger partial charge is 0.489 e. The first-order chi connectivity index (χ1) is 13.0. The van der Waals surface area contributed by atoms with Crippen molar-refractivity contribution in [2.24, 2.45) is 0 Å². The lowest BCUT2D eigenvalue weighted by Crippen LogP contribution is -2.52. The van der Waals surface area contributed by atoms with Gasteiger partial charge in [-0.05, 0) is 40.0 Å². The summed E-state index contributed by atoms with van der Waals surface area (Å²) in [6, 6.07) is 12.7. The van der Waals surface area contributed by atoms with Gasteiger partial charge in [-0.1, -0.05) is 30.3 Å². The SMILES string of the molecule is O=C1CC[C@H](N2Cc3c(OCc4ccccc4)ccc(Br)c3C2=O)C(=O)N1. The Bertz CT molecular complexity index is 929. The van der Waals surface area contributed by atoms with Crippen molar-refractivity contribution in [3.05, 3.63) is 63.6 Å². The molecule has 0 bridgehead atoms. The summed E-state index contributed by atoms with van der Waals surface area (Å²) in [4.78, 5) is 38.1. The molecule has 2 heterocycles. The molecule has 3 amide bonds. The van der Waals surface area contributed by atoms with Crippen LogP contribution in [0, 0.1) is 0 Å². The van der Waals surface area contributed by atoms with Gasteiger partial charge in [0.2, 0.25) is 11.8 Å². The summed E-state index contributed by atoms with van der Waals surface area (Å²) in [5.41, 5.74) is 2.31. The van der Waals surface area contributed by atoms with Gasteiger partial charge >= 0.3 is 0 Å². The number of halogens is 1. The number of ether oxygens (including phenoxy) is 1. The maximum atomic E-state index is 12.9. The van der Waals surface area contributed by atoms with Crippen LogP contribution in [0.2, 0.25) is 0 Å². The molecule has 0 spiro atoms. The fourth-order valence-corrected chi connectivity index (χ4v) is 4.02. The Kier molecular flexibility index (Phi) is 4.70. The number of fused-ring (bicyclic) bond motifs is 1. The zero-order valence-electron chi connectivity index (χ0n) is 14.4. The Balaban J connectivity index is 1.59. The molecule has 27 heavy (non-hydrogen) atoms. The van der Waals surface area contributed by atoms with E-state index in [0.29, 0.717) is 28.8 Å². The molecule has 0 radical (unpaired) electrons. The molecule has 1 saturated heterocycles. The smallest absolute Gasteiger partial charge is 0.256 e. The first kappa shape index (κ1) is 17.7. The summed E-state index contributed by atoms with van der Waals surface area (Å²) < 4.78 is 6.63. The maximum Gasteiger partial charge on any atom is 0.256 e. The van der Waals surface area contributed by atoms with Crippen molar-refractivity contribution in [2.75, 3.05) is 0 Å². The van der Waals surface area contributed by atoms with Gasteiger partial charge in [-0.25, -0.2) is 0 Å². The van der Waals surface area contributed by atoms with Gasteiger partial charge in [0.05, 0.1) is 12.1 Å². The third kappa shape index (κ3) is 3.35. The van der Waals surface area contributed by atoms with Gasteiger partial charge in [0, 0.05) is 16.5 Å². The van der Waals surface area contributed by atoms with Gasteiger partial charge in [0.25, 0.3) is 5.91 Å².